The summed E-state index contributed by atoms with van der Waals surface area (Å²) < 4.78 is 5.47. The molecular formula is C19H33N5OS. The topological polar surface area (TPSA) is 52.1 Å². The van der Waals surface area contributed by atoms with Crippen LogP contribution in [-0.2, 0) is 17.7 Å². The normalized spacial score (nSPS) is 20.0. The number of rotatable bonds is 6. The zero-order chi connectivity index (χ0) is 18.4. The number of thiophene rings is 1. The third-order valence-corrected chi connectivity index (χ3v) is 6.41. The standard InChI is InChI=1S/C19H33N5OS/c1-19(2,24-9-11-25-12-10-24)15-22-18(20-3)21-6-8-23-7-4-17-16(14-23)5-13-26-17/h5,13H,4,6-12,14-15H2,1-3H3,(H2,20,21,22). The predicted octanol–water partition coefficient (Wildman–Crippen LogP) is 1.38. The number of guanidine groups is 1. The van der Waals surface area contributed by atoms with Crippen molar-refractivity contribution in [1.82, 2.24) is 20.4 Å². The van der Waals surface area contributed by atoms with Gasteiger partial charge in [0, 0.05) is 63.3 Å². The Balaban J connectivity index is 1.38. The molecule has 0 saturated carbocycles. The SMILES string of the molecule is CN=C(NCCN1CCc2sccc2C1)NCC(C)(C)N1CCOCC1. The van der Waals surface area contributed by atoms with E-state index in [9.17, 15) is 0 Å². The van der Waals surface area contributed by atoms with E-state index in [0.29, 0.717) is 0 Å². The highest BCUT2D eigenvalue weighted by Crippen LogP contribution is 2.23. The maximum atomic E-state index is 5.47. The monoisotopic (exact) mass is 379 g/mol. The van der Waals surface area contributed by atoms with Crippen molar-refractivity contribution >= 4 is 17.3 Å². The molecule has 0 bridgehead atoms. The van der Waals surface area contributed by atoms with E-state index in [0.717, 1.165) is 65.0 Å². The molecule has 2 aliphatic rings. The van der Waals surface area contributed by atoms with Gasteiger partial charge >= 0.3 is 0 Å². The molecule has 26 heavy (non-hydrogen) atoms. The number of nitrogens with one attached hydrogen (secondary N) is 2. The minimum Gasteiger partial charge on any atom is -0.379 e. The van der Waals surface area contributed by atoms with Crippen LogP contribution in [0.1, 0.15) is 24.3 Å². The largest absolute Gasteiger partial charge is 0.379 e. The lowest BCUT2D eigenvalue weighted by atomic mass is 10.0. The average Bonchev–Trinajstić information content (AvgIpc) is 3.13. The van der Waals surface area contributed by atoms with Crippen molar-refractivity contribution in [3.8, 4) is 0 Å². The highest BCUT2D eigenvalue weighted by atomic mass is 32.1. The van der Waals surface area contributed by atoms with Crippen molar-refractivity contribution in [1.29, 1.82) is 0 Å². The molecular weight excluding hydrogens is 346 g/mol. The van der Waals surface area contributed by atoms with Gasteiger partial charge in [-0.2, -0.15) is 0 Å². The summed E-state index contributed by atoms with van der Waals surface area (Å²) in [7, 11) is 1.84. The molecule has 0 spiro atoms. The van der Waals surface area contributed by atoms with Gasteiger partial charge in [-0.15, -0.1) is 11.3 Å². The van der Waals surface area contributed by atoms with E-state index in [2.05, 4.69) is 50.7 Å². The smallest absolute Gasteiger partial charge is 0.191 e. The molecule has 146 valence electrons. The first kappa shape index (κ1) is 19.6. The molecule has 2 aliphatic heterocycles. The van der Waals surface area contributed by atoms with E-state index in [1.807, 2.05) is 18.4 Å². The molecule has 1 saturated heterocycles. The van der Waals surface area contributed by atoms with E-state index in [1.165, 1.54) is 12.0 Å². The quantitative estimate of drug-likeness (QED) is 0.578. The lowest BCUT2D eigenvalue weighted by Crippen LogP contribution is -2.56. The molecule has 7 heteroatoms. The van der Waals surface area contributed by atoms with E-state index >= 15 is 0 Å². The van der Waals surface area contributed by atoms with Crippen molar-refractivity contribution in [2.45, 2.75) is 32.4 Å². The van der Waals surface area contributed by atoms with Crippen LogP contribution >= 0.6 is 11.3 Å². The van der Waals surface area contributed by atoms with E-state index in [1.54, 1.807) is 4.88 Å². The third kappa shape index (κ3) is 5.19. The Morgan fingerprint density at radius 3 is 2.85 bits per heavy atom. The Bertz CT molecular complexity index is 595. The number of aliphatic imine (C=N–C) groups is 1. The summed E-state index contributed by atoms with van der Waals surface area (Å²) >= 11 is 1.90. The zero-order valence-corrected chi connectivity index (χ0v) is 17.2. The van der Waals surface area contributed by atoms with Gasteiger partial charge < -0.3 is 15.4 Å². The number of fused-ring (bicyclic) bond motifs is 1. The van der Waals surface area contributed by atoms with Crippen LogP contribution in [0.15, 0.2) is 16.4 Å². The van der Waals surface area contributed by atoms with Crippen LogP contribution in [0.3, 0.4) is 0 Å². The molecule has 3 rings (SSSR count). The molecule has 6 nitrogen and oxygen atoms in total. The summed E-state index contributed by atoms with van der Waals surface area (Å²) in [5, 5.41) is 9.18. The van der Waals surface area contributed by atoms with Crippen molar-refractivity contribution in [2.75, 3.05) is 59.5 Å². The maximum Gasteiger partial charge on any atom is 0.191 e. The van der Waals surface area contributed by atoms with Crippen LogP contribution in [0.5, 0.6) is 0 Å². The minimum absolute atomic E-state index is 0.0869. The second kappa shape index (κ2) is 9.17. The van der Waals surface area contributed by atoms with E-state index in [4.69, 9.17) is 4.74 Å². The molecule has 1 aromatic rings. The average molecular weight is 380 g/mol. The molecule has 0 atom stereocenters. The number of ether oxygens (including phenoxy) is 1. The zero-order valence-electron chi connectivity index (χ0n) is 16.4. The van der Waals surface area contributed by atoms with Gasteiger partial charge in [0.2, 0.25) is 0 Å². The summed E-state index contributed by atoms with van der Waals surface area (Å²) in [5.74, 6) is 0.888. The van der Waals surface area contributed by atoms with Gasteiger partial charge in [-0.3, -0.25) is 14.8 Å². The van der Waals surface area contributed by atoms with Gasteiger partial charge in [-0.05, 0) is 37.3 Å². The van der Waals surface area contributed by atoms with Crippen LogP contribution in [0.2, 0.25) is 0 Å². The molecule has 0 aliphatic carbocycles. The van der Waals surface area contributed by atoms with Gasteiger partial charge in [0.25, 0.3) is 0 Å². The van der Waals surface area contributed by atoms with Gasteiger partial charge in [0.05, 0.1) is 13.2 Å². The minimum atomic E-state index is 0.0869. The fourth-order valence-corrected chi connectivity index (χ4v) is 4.52. The van der Waals surface area contributed by atoms with Gasteiger partial charge in [-0.25, -0.2) is 0 Å². The van der Waals surface area contributed by atoms with Crippen LogP contribution in [0.4, 0.5) is 0 Å². The van der Waals surface area contributed by atoms with Crippen LogP contribution < -0.4 is 10.6 Å². The molecule has 2 N–H and O–H groups in total. The first-order valence-electron chi connectivity index (χ1n) is 9.63. The number of nitrogens with zero attached hydrogens (tertiary/aromatic N) is 3. The number of hydrogen-bond acceptors (Lipinski definition) is 5. The lowest BCUT2D eigenvalue weighted by Gasteiger charge is -2.41. The fraction of sp³-hybridized carbons (Fsp3) is 0.737. The van der Waals surface area contributed by atoms with Gasteiger partial charge in [-0.1, -0.05) is 0 Å². The fourth-order valence-electron chi connectivity index (χ4n) is 3.63. The van der Waals surface area contributed by atoms with Crippen molar-refractivity contribution in [2.24, 2.45) is 4.99 Å². The van der Waals surface area contributed by atoms with Crippen LogP contribution in [0, 0.1) is 0 Å². The molecule has 1 aromatic heterocycles. The van der Waals surface area contributed by atoms with E-state index in [-0.39, 0.29) is 5.54 Å². The third-order valence-electron chi connectivity index (χ3n) is 5.39. The van der Waals surface area contributed by atoms with Crippen molar-refractivity contribution in [3.05, 3.63) is 21.9 Å². The second-order valence-corrected chi connectivity index (χ2v) is 8.66. The van der Waals surface area contributed by atoms with Crippen molar-refractivity contribution in [3.63, 3.8) is 0 Å². The first-order chi connectivity index (χ1) is 12.6. The summed E-state index contributed by atoms with van der Waals surface area (Å²) in [4.78, 5) is 11.0. The maximum absolute atomic E-state index is 5.47. The Morgan fingerprint density at radius 2 is 2.08 bits per heavy atom. The summed E-state index contributed by atoms with van der Waals surface area (Å²) in [6, 6.07) is 2.27. The van der Waals surface area contributed by atoms with Crippen LogP contribution in [-0.4, -0.2) is 80.8 Å². The van der Waals surface area contributed by atoms with Gasteiger partial charge in [0.15, 0.2) is 5.96 Å². The lowest BCUT2D eigenvalue weighted by molar-refractivity contribution is -0.00834. The van der Waals surface area contributed by atoms with Gasteiger partial charge in [0.1, 0.15) is 0 Å². The molecule has 0 amide bonds. The molecule has 3 heterocycles. The highest BCUT2D eigenvalue weighted by molar-refractivity contribution is 7.10. The Labute approximate surface area is 161 Å². The summed E-state index contributed by atoms with van der Waals surface area (Å²) in [6.45, 7) is 13.3. The summed E-state index contributed by atoms with van der Waals surface area (Å²) in [5.41, 5.74) is 1.60. The van der Waals surface area contributed by atoms with E-state index < -0.39 is 0 Å². The highest BCUT2D eigenvalue weighted by Gasteiger charge is 2.28. The Morgan fingerprint density at radius 1 is 1.27 bits per heavy atom. The predicted molar refractivity (Wildman–Crippen MR) is 109 cm³/mol. The first-order valence-corrected chi connectivity index (χ1v) is 10.5. The molecule has 0 aromatic carbocycles. The second-order valence-electron chi connectivity index (χ2n) is 7.66. The Kier molecular flexibility index (Phi) is 6.92. The number of morpholine rings is 1. The molecule has 0 radical (unpaired) electrons. The van der Waals surface area contributed by atoms with Crippen molar-refractivity contribution < 1.29 is 4.74 Å². The Hall–Kier alpha value is -1.15. The van der Waals surface area contributed by atoms with Crippen LogP contribution in [0.25, 0.3) is 0 Å². The summed E-state index contributed by atoms with van der Waals surface area (Å²) in [6.07, 6.45) is 1.19. The molecule has 1 fully saturated rings. The molecule has 0 unspecified atom stereocenters. The number of hydrogen-bond donors (Lipinski definition) is 2.